The molecule has 0 bridgehead atoms. The lowest BCUT2D eigenvalue weighted by molar-refractivity contribution is 0.126. The quantitative estimate of drug-likeness (QED) is 0.618. The van der Waals surface area contributed by atoms with Gasteiger partial charge in [-0.25, -0.2) is 0 Å². The average Bonchev–Trinajstić information content (AvgIpc) is 3.14. The van der Waals surface area contributed by atoms with Crippen molar-refractivity contribution in [2.45, 2.75) is 11.3 Å². The molecule has 0 saturated carbocycles. The number of tetrazole rings is 1. The monoisotopic (exact) mass is 358 g/mol. The van der Waals surface area contributed by atoms with Crippen LogP contribution >= 0.6 is 11.8 Å². The summed E-state index contributed by atoms with van der Waals surface area (Å²) in [6.45, 7) is 0.209. The molecule has 0 fully saturated rings. The van der Waals surface area contributed by atoms with Gasteiger partial charge in [-0.05, 0) is 46.8 Å². The Bertz CT molecular complexity index is 780. The Kier molecular flexibility index (Phi) is 5.86. The van der Waals surface area contributed by atoms with Gasteiger partial charge in [0.2, 0.25) is 5.16 Å². The Balaban J connectivity index is 1.55. The van der Waals surface area contributed by atoms with E-state index in [9.17, 15) is 5.11 Å². The second kappa shape index (κ2) is 8.50. The van der Waals surface area contributed by atoms with Crippen LogP contribution in [-0.2, 0) is 0 Å². The Morgan fingerprint density at radius 2 is 1.84 bits per heavy atom. The Labute approximate surface area is 149 Å². The van der Waals surface area contributed by atoms with Crippen molar-refractivity contribution in [3.05, 3.63) is 54.6 Å². The maximum atomic E-state index is 10.1. The van der Waals surface area contributed by atoms with E-state index >= 15 is 0 Å². The average molecular weight is 358 g/mol. The van der Waals surface area contributed by atoms with Crippen molar-refractivity contribution in [2.75, 3.05) is 19.5 Å². The maximum Gasteiger partial charge on any atom is 0.214 e. The Morgan fingerprint density at radius 3 is 2.56 bits per heavy atom. The number of aliphatic hydroxyl groups excluding tert-OH is 1. The van der Waals surface area contributed by atoms with E-state index in [-0.39, 0.29) is 6.61 Å². The number of nitrogens with zero attached hydrogens (tertiary/aromatic N) is 4. The minimum atomic E-state index is -0.633. The second-order valence-electron chi connectivity index (χ2n) is 5.16. The summed E-state index contributed by atoms with van der Waals surface area (Å²) >= 11 is 1.37. The molecule has 0 amide bonds. The van der Waals surface area contributed by atoms with Gasteiger partial charge in [0.05, 0.1) is 18.9 Å². The highest BCUT2D eigenvalue weighted by molar-refractivity contribution is 7.99. The summed E-state index contributed by atoms with van der Waals surface area (Å²) in [5, 5.41) is 22.4. The second-order valence-corrected chi connectivity index (χ2v) is 6.15. The van der Waals surface area contributed by atoms with Gasteiger partial charge in [0.1, 0.15) is 18.1 Å². The smallest absolute Gasteiger partial charge is 0.214 e. The van der Waals surface area contributed by atoms with Gasteiger partial charge < -0.3 is 14.6 Å². The molecular weight excluding hydrogens is 340 g/mol. The van der Waals surface area contributed by atoms with Crippen LogP contribution in [0.1, 0.15) is 0 Å². The van der Waals surface area contributed by atoms with Gasteiger partial charge in [-0.1, -0.05) is 30.0 Å². The zero-order valence-electron chi connectivity index (χ0n) is 13.6. The van der Waals surface area contributed by atoms with Crippen molar-refractivity contribution in [3.8, 4) is 17.2 Å². The van der Waals surface area contributed by atoms with Crippen molar-refractivity contribution in [1.82, 2.24) is 20.2 Å². The fraction of sp³-hybridized carbons (Fsp3) is 0.235. The molecule has 1 aromatic heterocycles. The van der Waals surface area contributed by atoms with Crippen LogP contribution in [0.25, 0.3) is 5.69 Å². The molecule has 1 heterocycles. The third kappa shape index (κ3) is 4.71. The molecule has 130 valence electrons. The van der Waals surface area contributed by atoms with Gasteiger partial charge in [-0.2, -0.15) is 4.68 Å². The summed E-state index contributed by atoms with van der Waals surface area (Å²) in [5.74, 6) is 1.91. The van der Waals surface area contributed by atoms with Gasteiger partial charge in [0.15, 0.2) is 0 Å². The van der Waals surface area contributed by atoms with Crippen molar-refractivity contribution in [1.29, 1.82) is 0 Å². The lowest BCUT2D eigenvalue weighted by Crippen LogP contribution is -2.20. The predicted octanol–water partition coefficient (Wildman–Crippen LogP) is 2.20. The molecule has 0 aliphatic heterocycles. The zero-order valence-corrected chi connectivity index (χ0v) is 14.5. The molecule has 25 heavy (non-hydrogen) atoms. The van der Waals surface area contributed by atoms with Gasteiger partial charge in [0, 0.05) is 5.75 Å². The summed E-state index contributed by atoms with van der Waals surface area (Å²) in [6.07, 6.45) is -0.633. The minimum absolute atomic E-state index is 0.209. The zero-order chi connectivity index (χ0) is 17.5. The number of benzene rings is 2. The molecule has 2 aromatic carbocycles. The number of aliphatic hydroxyl groups is 1. The highest BCUT2D eigenvalue weighted by atomic mass is 32.2. The molecule has 0 saturated heterocycles. The first kappa shape index (κ1) is 17.2. The van der Waals surface area contributed by atoms with E-state index in [2.05, 4.69) is 15.5 Å². The molecule has 3 aromatic rings. The summed E-state index contributed by atoms with van der Waals surface area (Å²) < 4.78 is 12.3. The summed E-state index contributed by atoms with van der Waals surface area (Å²) in [7, 11) is 1.62. The first-order valence-corrected chi connectivity index (χ1v) is 8.66. The van der Waals surface area contributed by atoms with Crippen LogP contribution in [0.3, 0.4) is 0 Å². The number of aromatic nitrogens is 4. The fourth-order valence-electron chi connectivity index (χ4n) is 2.08. The molecule has 7 nitrogen and oxygen atoms in total. The van der Waals surface area contributed by atoms with Gasteiger partial charge in [-0.3, -0.25) is 0 Å². The largest absolute Gasteiger partial charge is 0.497 e. The number of methoxy groups -OCH3 is 1. The van der Waals surface area contributed by atoms with E-state index in [1.54, 1.807) is 11.8 Å². The van der Waals surface area contributed by atoms with Crippen LogP contribution < -0.4 is 9.47 Å². The fourth-order valence-corrected chi connectivity index (χ4v) is 2.88. The van der Waals surface area contributed by atoms with Crippen LogP contribution in [0.15, 0.2) is 59.8 Å². The molecule has 1 N–H and O–H groups in total. The molecule has 3 rings (SSSR count). The first-order chi connectivity index (χ1) is 12.3. The van der Waals surface area contributed by atoms with E-state index in [1.165, 1.54) is 11.8 Å². The van der Waals surface area contributed by atoms with Crippen molar-refractivity contribution >= 4 is 11.8 Å². The predicted molar refractivity (Wildman–Crippen MR) is 94.4 cm³/mol. The molecule has 1 atom stereocenters. The standard InChI is InChI=1S/C17H18N4O3S/c1-23-15-9-7-13(8-10-15)21-17(18-19-20-21)25-12-14(22)11-24-16-5-3-2-4-6-16/h2-10,14,22H,11-12H2,1H3/t14-/m0/s1. The van der Waals surface area contributed by atoms with E-state index in [1.807, 2.05) is 54.6 Å². The van der Waals surface area contributed by atoms with Crippen LogP contribution in [0.4, 0.5) is 0 Å². The first-order valence-electron chi connectivity index (χ1n) is 7.68. The van der Waals surface area contributed by atoms with Crippen LogP contribution in [0.5, 0.6) is 11.5 Å². The third-order valence-electron chi connectivity index (χ3n) is 3.35. The summed E-state index contributed by atoms with van der Waals surface area (Å²) in [6, 6.07) is 16.8. The van der Waals surface area contributed by atoms with Crippen molar-refractivity contribution < 1.29 is 14.6 Å². The molecule has 0 aliphatic carbocycles. The van der Waals surface area contributed by atoms with Crippen molar-refractivity contribution in [2.24, 2.45) is 0 Å². The normalized spacial score (nSPS) is 11.9. The van der Waals surface area contributed by atoms with Crippen LogP contribution in [0, 0.1) is 0 Å². The number of para-hydroxylation sites is 1. The van der Waals surface area contributed by atoms with Crippen LogP contribution in [-0.4, -0.2) is 50.9 Å². The minimum Gasteiger partial charge on any atom is -0.497 e. The van der Waals surface area contributed by atoms with Gasteiger partial charge >= 0.3 is 0 Å². The van der Waals surface area contributed by atoms with E-state index in [0.29, 0.717) is 10.9 Å². The molecule has 8 heteroatoms. The number of hydrogen-bond donors (Lipinski definition) is 1. The summed E-state index contributed by atoms with van der Waals surface area (Å²) in [5.41, 5.74) is 0.823. The summed E-state index contributed by atoms with van der Waals surface area (Å²) in [4.78, 5) is 0. The maximum absolute atomic E-state index is 10.1. The van der Waals surface area contributed by atoms with E-state index < -0.39 is 6.10 Å². The number of thioether (sulfide) groups is 1. The van der Waals surface area contributed by atoms with E-state index in [0.717, 1.165) is 17.2 Å². The topological polar surface area (TPSA) is 82.3 Å². The number of rotatable bonds is 8. The molecule has 0 radical (unpaired) electrons. The van der Waals surface area contributed by atoms with E-state index in [4.69, 9.17) is 9.47 Å². The third-order valence-corrected chi connectivity index (χ3v) is 4.41. The molecular formula is C17H18N4O3S. The lowest BCUT2D eigenvalue weighted by Gasteiger charge is -2.12. The highest BCUT2D eigenvalue weighted by Gasteiger charge is 2.13. The highest BCUT2D eigenvalue weighted by Crippen LogP contribution is 2.21. The molecule has 0 aliphatic rings. The molecule has 0 unspecified atom stereocenters. The van der Waals surface area contributed by atoms with Gasteiger partial charge in [0.25, 0.3) is 0 Å². The Morgan fingerprint density at radius 1 is 1.08 bits per heavy atom. The number of ether oxygens (including phenoxy) is 2. The van der Waals surface area contributed by atoms with Crippen LogP contribution in [0.2, 0.25) is 0 Å². The molecule has 0 spiro atoms. The number of hydrogen-bond acceptors (Lipinski definition) is 7. The van der Waals surface area contributed by atoms with Gasteiger partial charge in [-0.15, -0.1) is 5.10 Å². The Hall–Kier alpha value is -2.58. The SMILES string of the molecule is COc1ccc(-n2nnnc2SC[C@@H](O)COc2ccccc2)cc1. The van der Waals surface area contributed by atoms with Crippen molar-refractivity contribution in [3.63, 3.8) is 0 Å². The lowest BCUT2D eigenvalue weighted by atomic mass is 10.3.